The molecule has 1 aliphatic heterocycles. The van der Waals surface area contributed by atoms with Crippen molar-refractivity contribution >= 4 is 38.3 Å². The molecule has 0 saturated heterocycles. The molecule has 0 bridgehead atoms. The lowest BCUT2D eigenvalue weighted by atomic mass is 9.80. The Kier molecular flexibility index (Phi) is 7.96. The van der Waals surface area contributed by atoms with Crippen LogP contribution < -0.4 is 0 Å². The first-order valence-corrected chi connectivity index (χ1v) is 13.3. The van der Waals surface area contributed by atoms with Gasteiger partial charge in [-0.15, -0.1) is 0 Å². The predicted octanol–water partition coefficient (Wildman–Crippen LogP) is 5.74. The van der Waals surface area contributed by atoms with Gasteiger partial charge in [-0.1, -0.05) is 44.2 Å². The summed E-state index contributed by atoms with van der Waals surface area (Å²) < 4.78 is 37.7. The van der Waals surface area contributed by atoms with Crippen LogP contribution >= 0.6 is 0 Å². The lowest BCUT2D eigenvalue weighted by Crippen LogP contribution is -2.27. The predicted molar refractivity (Wildman–Crippen MR) is 130 cm³/mol. The lowest BCUT2D eigenvalue weighted by molar-refractivity contribution is -0.439. The van der Waals surface area contributed by atoms with Gasteiger partial charge < -0.3 is 9.66 Å². The van der Waals surface area contributed by atoms with Crippen molar-refractivity contribution in [3.63, 3.8) is 0 Å². The third-order valence-electron chi connectivity index (χ3n) is 7.02. The summed E-state index contributed by atoms with van der Waals surface area (Å²) in [6.45, 7) is 7.36. The number of aliphatic carboxylic acids is 1. The molecular formula is C26H35NO5S. The molecule has 6 nitrogen and oxygen atoms in total. The number of benzene rings is 2. The van der Waals surface area contributed by atoms with Gasteiger partial charge in [-0.25, -0.2) is 8.42 Å². The molecule has 0 aromatic heterocycles. The van der Waals surface area contributed by atoms with E-state index in [1.54, 1.807) is 12.1 Å². The minimum Gasteiger partial charge on any atom is -0.744 e. The number of nitrogens with zero attached hydrogens (tertiary/aromatic N) is 1. The fraction of sp³-hybridized carbons (Fsp3) is 0.538. The Morgan fingerprint density at radius 1 is 0.939 bits per heavy atom. The zero-order chi connectivity index (χ0) is 24.2. The number of fused-ring (bicyclic) bond motifs is 3. The van der Waals surface area contributed by atoms with Gasteiger partial charge in [-0.2, -0.15) is 4.58 Å². The Balaban J connectivity index is 1.64. The summed E-state index contributed by atoms with van der Waals surface area (Å²) in [7, 11) is -4.54. The normalized spacial score (nSPS) is 15.3. The molecule has 1 heterocycles. The second kappa shape index (κ2) is 10.3. The minimum absolute atomic E-state index is 0.155. The number of rotatable bonds is 12. The molecule has 2 aromatic carbocycles. The van der Waals surface area contributed by atoms with Crippen LogP contribution in [0, 0.1) is 0 Å². The van der Waals surface area contributed by atoms with Gasteiger partial charge in [0, 0.05) is 31.4 Å². The molecule has 33 heavy (non-hydrogen) atoms. The molecule has 0 atom stereocenters. The van der Waals surface area contributed by atoms with Crippen LogP contribution in [0.2, 0.25) is 0 Å². The van der Waals surface area contributed by atoms with Crippen LogP contribution in [0.1, 0.15) is 84.1 Å². The van der Waals surface area contributed by atoms with E-state index in [0.29, 0.717) is 5.39 Å². The first-order valence-electron chi connectivity index (χ1n) is 11.9. The van der Waals surface area contributed by atoms with Crippen LogP contribution in [0.5, 0.6) is 0 Å². The second-order valence-electron chi connectivity index (χ2n) is 9.60. The minimum atomic E-state index is -4.54. The van der Waals surface area contributed by atoms with Crippen molar-refractivity contribution in [3.05, 3.63) is 35.9 Å². The van der Waals surface area contributed by atoms with Crippen molar-refractivity contribution in [2.24, 2.45) is 0 Å². The summed E-state index contributed by atoms with van der Waals surface area (Å²) in [4.78, 5) is 10.4. The fourth-order valence-electron chi connectivity index (χ4n) is 5.01. The van der Waals surface area contributed by atoms with Crippen LogP contribution in [0.3, 0.4) is 0 Å². The molecule has 0 spiro atoms. The zero-order valence-corrected chi connectivity index (χ0v) is 20.7. The van der Waals surface area contributed by atoms with E-state index in [-0.39, 0.29) is 16.7 Å². The molecule has 1 N–H and O–H groups in total. The molecule has 3 rings (SSSR count). The largest absolute Gasteiger partial charge is 0.744 e. The maximum Gasteiger partial charge on any atom is 0.303 e. The Labute approximate surface area is 197 Å². The highest BCUT2D eigenvalue weighted by molar-refractivity contribution is 7.86. The second-order valence-corrected chi connectivity index (χ2v) is 10.9. The van der Waals surface area contributed by atoms with E-state index in [2.05, 4.69) is 25.3 Å². The number of carboxylic acid groups (broad SMARTS) is 1. The van der Waals surface area contributed by atoms with Crippen LogP contribution in [0.15, 0.2) is 35.2 Å². The molecular weight excluding hydrogens is 438 g/mol. The molecule has 0 unspecified atom stereocenters. The van der Waals surface area contributed by atoms with Crippen molar-refractivity contribution in [1.29, 1.82) is 0 Å². The van der Waals surface area contributed by atoms with Gasteiger partial charge in [0.25, 0.3) is 0 Å². The highest BCUT2D eigenvalue weighted by Gasteiger charge is 2.44. The van der Waals surface area contributed by atoms with E-state index in [9.17, 15) is 17.8 Å². The van der Waals surface area contributed by atoms with Crippen molar-refractivity contribution in [3.8, 4) is 0 Å². The maximum absolute atomic E-state index is 11.8. The average Bonchev–Trinajstić information content (AvgIpc) is 2.94. The maximum atomic E-state index is 11.8. The Bertz CT molecular complexity index is 1160. The smallest absolute Gasteiger partial charge is 0.303 e. The van der Waals surface area contributed by atoms with Crippen LogP contribution in [-0.2, 0) is 20.3 Å². The standard InChI is InChI=1S/C26H35NO5S/c1-19-26(2,3)25-21-13-12-14-23(33(30,31)32)20(21)16-17-22(25)27(19)18-11-9-7-5-4-6-8-10-15-24(28)29/h12-14,16-17H,4-11,15,18H2,1-3H3,(H-,28,29,30,31,32). The molecule has 180 valence electrons. The molecule has 0 fully saturated rings. The van der Waals surface area contributed by atoms with Crippen molar-refractivity contribution in [2.75, 3.05) is 6.54 Å². The molecule has 1 aliphatic rings. The summed E-state index contributed by atoms with van der Waals surface area (Å²) >= 11 is 0. The van der Waals surface area contributed by atoms with Gasteiger partial charge in [0.1, 0.15) is 16.7 Å². The first-order chi connectivity index (χ1) is 15.5. The van der Waals surface area contributed by atoms with Crippen molar-refractivity contribution < 1.29 is 27.4 Å². The van der Waals surface area contributed by atoms with Gasteiger partial charge in [0.2, 0.25) is 5.69 Å². The van der Waals surface area contributed by atoms with Crippen LogP contribution in [-0.4, -0.2) is 40.9 Å². The van der Waals surface area contributed by atoms with E-state index in [1.165, 1.54) is 24.6 Å². The van der Waals surface area contributed by atoms with Gasteiger partial charge in [-0.05, 0) is 49.6 Å². The summed E-state index contributed by atoms with van der Waals surface area (Å²) in [6, 6.07) is 8.69. The van der Waals surface area contributed by atoms with Gasteiger partial charge in [-0.3, -0.25) is 4.79 Å². The summed E-state index contributed by atoms with van der Waals surface area (Å²) in [5.74, 6) is -0.711. The van der Waals surface area contributed by atoms with E-state index >= 15 is 0 Å². The monoisotopic (exact) mass is 473 g/mol. The quantitative estimate of drug-likeness (QED) is 0.241. The number of carboxylic acids is 1. The third kappa shape index (κ3) is 5.64. The first kappa shape index (κ1) is 25.4. The lowest BCUT2D eigenvalue weighted by Gasteiger charge is -2.18. The van der Waals surface area contributed by atoms with Crippen LogP contribution in [0.25, 0.3) is 10.8 Å². The molecule has 0 aliphatic carbocycles. The SMILES string of the molecule is CC1=[N+](CCCCCCCCCCC(=O)O)c2ccc3c(S(=O)(=O)[O-])cccc3c2C1(C)C. The Morgan fingerprint density at radius 2 is 1.55 bits per heavy atom. The number of hydrogen-bond donors (Lipinski definition) is 1. The highest BCUT2D eigenvalue weighted by Crippen LogP contribution is 2.44. The molecule has 2 aromatic rings. The Morgan fingerprint density at radius 3 is 2.15 bits per heavy atom. The van der Waals surface area contributed by atoms with E-state index in [4.69, 9.17) is 5.11 Å². The van der Waals surface area contributed by atoms with E-state index < -0.39 is 16.1 Å². The molecule has 0 saturated carbocycles. The van der Waals surface area contributed by atoms with Gasteiger partial charge in [0.15, 0.2) is 5.71 Å². The molecule has 0 amide bonds. The summed E-state index contributed by atoms with van der Waals surface area (Å²) in [5, 5.41) is 10.00. The summed E-state index contributed by atoms with van der Waals surface area (Å²) in [6.07, 6.45) is 8.84. The van der Waals surface area contributed by atoms with Crippen molar-refractivity contribution in [2.45, 2.75) is 88.9 Å². The number of hydrogen-bond acceptors (Lipinski definition) is 4. The van der Waals surface area contributed by atoms with Gasteiger partial charge in [0.05, 0.1) is 10.3 Å². The zero-order valence-electron chi connectivity index (χ0n) is 19.9. The fourth-order valence-corrected chi connectivity index (χ4v) is 5.70. The number of unbranched alkanes of at least 4 members (excludes halogenated alkanes) is 7. The topological polar surface area (TPSA) is 97.5 Å². The van der Waals surface area contributed by atoms with Crippen molar-refractivity contribution in [1.82, 2.24) is 0 Å². The number of carbonyl (C=O) groups is 1. The van der Waals surface area contributed by atoms with Crippen LogP contribution in [0.4, 0.5) is 5.69 Å². The molecule has 7 heteroatoms. The summed E-state index contributed by atoms with van der Waals surface area (Å²) in [5.41, 5.74) is 3.17. The third-order valence-corrected chi connectivity index (χ3v) is 7.91. The van der Waals surface area contributed by atoms with E-state index in [0.717, 1.165) is 61.7 Å². The molecule has 0 radical (unpaired) electrons. The van der Waals surface area contributed by atoms with E-state index in [1.807, 2.05) is 12.1 Å². The van der Waals surface area contributed by atoms with Gasteiger partial charge >= 0.3 is 5.97 Å². The Hall–Kier alpha value is -2.25. The average molecular weight is 474 g/mol. The highest BCUT2D eigenvalue weighted by atomic mass is 32.2.